The fraction of sp³-hybridized carbons (Fsp3) is 0.475. The second kappa shape index (κ2) is 26.4. The Balaban J connectivity index is 0.000000401. The van der Waals surface area contributed by atoms with Crippen LogP contribution in [0.1, 0.15) is 40.7 Å². The number of carbonyl (C=O) groups excluding carboxylic acids is 3. The number of nitrogens with two attached hydrogens (primary N) is 1. The molecule has 1 amide bonds. The summed E-state index contributed by atoms with van der Waals surface area (Å²) < 4.78 is 14.8. The van der Waals surface area contributed by atoms with Crippen molar-refractivity contribution in [3.05, 3.63) is 94.5 Å². The first-order chi connectivity index (χ1) is 26.0. The normalized spacial score (nSPS) is 11.7. The van der Waals surface area contributed by atoms with Crippen LogP contribution in [0.5, 0.6) is 0 Å². The summed E-state index contributed by atoms with van der Waals surface area (Å²) in [6, 6.07) is 21.0. The van der Waals surface area contributed by atoms with Gasteiger partial charge < -0.3 is 35.1 Å². The van der Waals surface area contributed by atoms with E-state index in [0.717, 1.165) is 52.3 Å². The summed E-state index contributed by atoms with van der Waals surface area (Å²) in [6.07, 6.45) is 0.802. The van der Waals surface area contributed by atoms with E-state index in [-0.39, 0.29) is 31.5 Å². The summed E-state index contributed by atoms with van der Waals surface area (Å²) >= 11 is 23.5. The summed E-state index contributed by atoms with van der Waals surface area (Å²) in [6.45, 7) is 7.12. The largest absolute Gasteiger partial charge is 0.469 e. The highest BCUT2D eigenvalue weighted by Gasteiger charge is 2.20. The van der Waals surface area contributed by atoms with E-state index >= 15 is 0 Å². The van der Waals surface area contributed by atoms with Gasteiger partial charge in [-0.3, -0.25) is 9.59 Å². The number of carbonyl (C=O) groups is 3. The number of nitrogens with one attached hydrogen (secondary N) is 1. The molecule has 3 rings (SSSR count). The SMILES string of the molecule is COC(=O)CC(Cc1ccc(N(CCCl)CCCl)cc1C)NC(=O)OCc1ccccc1.COC(=O)CC(N)Cc1ccc(N(CCCl)CCCl)cc1C. The van der Waals surface area contributed by atoms with Crippen molar-refractivity contribution in [1.29, 1.82) is 0 Å². The maximum atomic E-state index is 12.3. The molecule has 0 bridgehead atoms. The van der Waals surface area contributed by atoms with Crippen molar-refractivity contribution in [2.45, 2.75) is 58.2 Å². The van der Waals surface area contributed by atoms with Gasteiger partial charge in [0.1, 0.15) is 6.61 Å². The first-order valence-corrected chi connectivity index (χ1v) is 19.9. The van der Waals surface area contributed by atoms with Gasteiger partial charge in [-0.15, -0.1) is 46.4 Å². The minimum atomic E-state index is -0.576. The molecule has 10 nitrogen and oxygen atoms in total. The molecule has 0 radical (unpaired) electrons. The fourth-order valence-electron chi connectivity index (χ4n) is 5.67. The van der Waals surface area contributed by atoms with E-state index in [0.29, 0.717) is 49.5 Å². The van der Waals surface area contributed by atoms with Crippen LogP contribution in [0.25, 0.3) is 0 Å². The molecule has 0 aliphatic carbocycles. The number of ether oxygens (including phenoxy) is 3. The zero-order chi connectivity index (χ0) is 39.9. The second-order valence-electron chi connectivity index (χ2n) is 12.6. The fourth-order valence-corrected chi connectivity index (χ4v) is 6.48. The highest BCUT2D eigenvalue weighted by molar-refractivity contribution is 6.19. The molecule has 0 saturated heterocycles. The van der Waals surface area contributed by atoms with Crippen LogP contribution in [0.2, 0.25) is 0 Å². The summed E-state index contributed by atoms with van der Waals surface area (Å²) in [5, 5.41) is 2.80. The summed E-state index contributed by atoms with van der Waals surface area (Å²) in [5.74, 6) is 1.45. The molecular formula is C40H54Cl4N4O6. The molecule has 0 aromatic heterocycles. The van der Waals surface area contributed by atoms with Crippen molar-refractivity contribution in [3.63, 3.8) is 0 Å². The van der Waals surface area contributed by atoms with Gasteiger partial charge in [0.15, 0.2) is 0 Å². The zero-order valence-electron chi connectivity index (χ0n) is 31.6. The zero-order valence-corrected chi connectivity index (χ0v) is 34.7. The maximum Gasteiger partial charge on any atom is 0.407 e. The molecule has 0 fully saturated rings. The molecule has 3 aromatic carbocycles. The number of benzene rings is 3. The molecule has 298 valence electrons. The Morgan fingerprint density at radius 2 is 1.15 bits per heavy atom. The van der Waals surface area contributed by atoms with Crippen LogP contribution >= 0.6 is 46.4 Å². The van der Waals surface area contributed by atoms with Crippen molar-refractivity contribution in [2.24, 2.45) is 5.73 Å². The number of anilines is 2. The maximum absolute atomic E-state index is 12.3. The van der Waals surface area contributed by atoms with E-state index in [9.17, 15) is 14.4 Å². The lowest BCUT2D eigenvalue weighted by Gasteiger charge is -2.24. The molecule has 0 saturated carbocycles. The summed E-state index contributed by atoms with van der Waals surface area (Å²) in [7, 11) is 2.70. The van der Waals surface area contributed by atoms with E-state index in [1.165, 1.54) is 14.2 Å². The van der Waals surface area contributed by atoms with Crippen molar-refractivity contribution in [3.8, 4) is 0 Å². The van der Waals surface area contributed by atoms with Gasteiger partial charge in [0.05, 0.1) is 27.1 Å². The van der Waals surface area contributed by atoms with Crippen LogP contribution in [0.4, 0.5) is 16.2 Å². The van der Waals surface area contributed by atoms with E-state index in [4.69, 9.17) is 61.6 Å². The number of esters is 2. The quantitative estimate of drug-likeness (QED) is 0.0643. The Morgan fingerprint density at radius 3 is 1.59 bits per heavy atom. The summed E-state index contributed by atoms with van der Waals surface area (Å²) in [4.78, 5) is 39.8. The van der Waals surface area contributed by atoms with Crippen molar-refractivity contribution >= 4 is 75.8 Å². The van der Waals surface area contributed by atoms with Crippen molar-refractivity contribution in [2.75, 3.05) is 73.7 Å². The molecule has 0 heterocycles. The number of hydrogen-bond donors (Lipinski definition) is 2. The van der Waals surface area contributed by atoms with E-state index < -0.39 is 18.1 Å². The van der Waals surface area contributed by atoms with Crippen LogP contribution in [0.3, 0.4) is 0 Å². The average Bonchev–Trinajstić information content (AvgIpc) is 3.16. The van der Waals surface area contributed by atoms with Gasteiger partial charge in [-0.05, 0) is 78.8 Å². The first kappa shape index (κ1) is 46.7. The highest BCUT2D eigenvalue weighted by atomic mass is 35.5. The molecule has 2 unspecified atom stereocenters. The lowest BCUT2D eigenvalue weighted by molar-refractivity contribution is -0.142. The number of nitrogens with zero attached hydrogens (tertiary/aromatic N) is 2. The third kappa shape index (κ3) is 17.4. The number of halogens is 4. The number of methoxy groups -OCH3 is 2. The highest BCUT2D eigenvalue weighted by Crippen LogP contribution is 2.23. The number of hydrogen-bond acceptors (Lipinski definition) is 9. The first-order valence-electron chi connectivity index (χ1n) is 17.8. The standard InChI is InChI=1S/C24H30Cl2N2O4.C16H24Cl2N2O2/c1-18-14-22(28(12-10-25)13-11-26)9-8-20(18)15-21(16-23(29)31-2)27-24(30)32-17-19-6-4-3-5-7-19;1-12-9-15(20(7-5-17)8-6-18)4-3-13(12)10-14(19)11-16(21)22-2/h3-9,14,21H,10-13,15-17H2,1-2H3,(H,27,30);3-4,9,14H,5-8,10-11,19H2,1-2H3. The van der Waals surface area contributed by atoms with Crippen molar-refractivity contribution in [1.82, 2.24) is 5.32 Å². The van der Waals surface area contributed by atoms with Gasteiger partial charge in [0.2, 0.25) is 0 Å². The Kier molecular flexibility index (Phi) is 22.9. The van der Waals surface area contributed by atoms with Gasteiger partial charge in [-0.1, -0.05) is 42.5 Å². The molecule has 3 N–H and O–H groups in total. The third-order valence-corrected chi connectivity index (χ3v) is 9.26. The topological polar surface area (TPSA) is 123 Å². The van der Waals surface area contributed by atoms with Crippen molar-refractivity contribution < 1.29 is 28.6 Å². The Morgan fingerprint density at radius 1 is 0.685 bits per heavy atom. The third-order valence-electron chi connectivity index (χ3n) is 8.58. The van der Waals surface area contributed by atoms with Gasteiger partial charge in [0, 0.05) is 73.2 Å². The van der Waals surface area contributed by atoms with E-state index in [2.05, 4.69) is 38.1 Å². The molecule has 2 atom stereocenters. The Labute approximate surface area is 340 Å². The van der Waals surface area contributed by atoms with Crippen LogP contribution < -0.4 is 20.9 Å². The molecule has 3 aromatic rings. The molecule has 54 heavy (non-hydrogen) atoms. The van der Waals surface area contributed by atoms with E-state index in [1.54, 1.807) is 0 Å². The number of rotatable bonds is 21. The molecule has 14 heteroatoms. The number of aryl methyl sites for hydroxylation is 2. The number of amides is 1. The predicted molar refractivity (Wildman–Crippen MR) is 222 cm³/mol. The van der Waals surface area contributed by atoms with Gasteiger partial charge in [-0.25, -0.2) is 4.79 Å². The van der Waals surface area contributed by atoms with E-state index in [1.807, 2.05) is 62.4 Å². The minimum absolute atomic E-state index is 0.0444. The lowest BCUT2D eigenvalue weighted by Crippen LogP contribution is -2.38. The predicted octanol–water partition coefficient (Wildman–Crippen LogP) is 7.39. The average molecular weight is 829 g/mol. The molecular weight excluding hydrogens is 774 g/mol. The Bertz CT molecular complexity index is 1560. The van der Waals surface area contributed by atoms with Gasteiger partial charge >= 0.3 is 18.0 Å². The van der Waals surface area contributed by atoms with Crippen LogP contribution in [-0.2, 0) is 43.2 Å². The van der Waals surface area contributed by atoms with Gasteiger partial charge in [0.25, 0.3) is 0 Å². The van der Waals surface area contributed by atoms with Crippen LogP contribution in [-0.4, -0.2) is 94.0 Å². The molecule has 0 aliphatic rings. The monoisotopic (exact) mass is 826 g/mol. The molecule has 0 aliphatic heterocycles. The van der Waals surface area contributed by atoms with Crippen LogP contribution in [0.15, 0.2) is 66.7 Å². The smallest absolute Gasteiger partial charge is 0.407 e. The second-order valence-corrected chi connectivity index (χ2v) is 14.1. The van der Waals surface area contributed by atoms with Gasteiger partial charge in [-0.2, -0.15) is 0 Å². The molecule has 0 spiro atoms. The van der Waals surface area contributed by atoms with Crippen LogP contribution in [0, 0.1) is 13.8 Å². The summed E-state index contributed by atoms with van der Waals surface area (Å²) in [5.41, 5.74) is 13.4. The Hall–Kier alpha value is -3.41. The minimum Gasteiger partial charge on any atom is -0.469 e. The lowest BCUT2D eigenvalue weighted by atomic mass is 9.98. The number of alkyl carbamates (subject to hydrolysis) is 1. The number of alkyl halides is 4.